The van der Waals surface area contributed by atoms with Crippen LogP contribution in [0.25, 0.3) is 0 Å². The van der Waals surface area contributed by atoms with Crippen molar-refractivity contribution in [2.24, 2.45) is 0 Å². The zero-order valence-electron chi connectivity index (χ0n) is 9.08. The van der Waals surface area contributed by atoms with E-state index in [1.807, 2.05) is 6.92 Å². The van der Waals surface area contributed by atoms with Gasteiger partial charge in [-0.15, -0.1) is 0 Å². The van der Waals surface area contributed by atoms with Gasteiger partial charge in [0.2, 0.25) is 5.91 Å². The number of hydrogen-bond acceptors (Lipinski definition) is 3. The molecular formula is C10H21NO3. The molecule has 0 rings (SSSR count). The maximum atomic E-state index is 11.3. The van der Waals surface area contributed by atoms with Gasteiger partial charge in [-0.3, -0.25) is 4.79 Å². The highest BCUT2D eigenvalue weighted by molar-refractivity contribution is 5.76. The van der Waals surface area contributed by atoms with Crippen LogP contribution in [-0.4, -0.2) is 37.4 Å². The van der Waals surface area contributed by atoms with Crippen molar-refractivity contribution in [3.8, 4) is 0 Å². The third-order valence-electron chi connectivity index (χ3n) is 1.97. The minimum atomic E-state index is -0.0608. The lowest BCUT2D eigenvalue weighted by molar-refractivity contribution is -0.122. The number of hydrogen-bond donors (Lipinski definition) is 2. The highest BCUT2D eigenvalue weighted by Gasteiger charge is 2.10. The summed E-state index contributed by atoms with van der Waals surface area (Å²) < 4.78 is 4.94. The zero-order chi connectivity index (χ0) is 10.8. The zero-order valence-corrected chi connectivity index (χ0v) is 9.08. The first-order chi connectivity index (χ1) is 6.74. The second-order valence-electron chi connectivity index (χ2n) is 3.34. The highest BCUT2D eigenvalue weighted by Crippen LogP contribution is 1.97. The van der Waals surface area contributed by atoms with Crippen molar-refractivity contribution >= 4 is 5.91 Å². The molecule has 0 aliphatic carbocycles. The largest absolute Gasteiger partial charge is 0.396 e. The Morgan fingerprint density at radius 2 is 2.29 bits per heavy atom. The van der Waals surface area contributed by atoms with Gasteiger partial charge < -0.3 is 15.2 Å². The Morgan fingerprint density at radius 1 is 1.57 bits per heavy atom. The van der Waals surface area contributed by atoms with Gasteiger partial charge in [0, 0.05) is 20.1 Å². The fraction of sp³-hybridized carbons (Fsp3) is 0.900. The Labute approximate surface area is 85.6 Å². The molecule has 0 aromatic heterocycles. The number of rotatable bonds is 8. The molecule has 0 aromatic rings. The summed E-state index contributed by atoms with van der Waals surface area (Å²) >= 11 is 0. The van der Waals surface area contributed by atoms with E-state index < -0.39 is 0 Å². The monoisotopic (exact) mass is 203 g/mol. The van der Waals surface area contributed by atoms with Crippen molar-refractivity contribution in [3.05, 3.63) is 0 Å². The van der Waals surface area contributed by atoms with Crippen LogP contribution in [-0.2, 0) is 9.53 Å². The summed E-state index contributed by atoms with van der Waals surface area (Å²) in [5.41, 5.74) is 0. The molecule has 1 unspecified atom stereocenters. The number of unbranched alkanes of at least 4 members (excludes halogenated alkanes) is 1. The Bertz CT molecular complexity index is 144. The van der Waals surface area contributed by atoms with Crippen LogP contribution >= 0.6 is 0 Å². The second kappa shape index (κ2) is 8.97. The van der Waals surface area contributed by atoms with E-state index in [2.05, 4.69) is 5.32 Å². The van der Waals surface area contributed by atoms with E-state index in [-0.39, 0.29) is 18.6 Å². The molecule has 1 atom stereocenters. The number of ether oxygens (including phenoxy) is 1. The van der Waals surface area contributed by atoms with Crippen molar-refractivity contribution in [2.75, 3.05) is 20.3 Å². The predicted octanol–water partition coefficient (Wildman–Crippen LogP) is 0.690. The van der Waals surface area contributed by atoms with Crippen molar-refractivity contribution in [1.82, 2.24) is 5.32 Å². The maximum Gasteiger partial charge on any atom is 0.220 e. The lowest BCUT2D eigenvalue weighted by Crippen LogP contribution is -2.38. The third kappa shape index (κ3) is 6.86. The number of aliphatic hydroxyl groups excluding tert-OH is 1. The van der Waals surface area contributed by atoms with E-state index in [9.17, 15) is 4.79 Å². The van der Waals surface area contributed by atoms with E-state index in [0.29, 0.717) is 19.4 Å². The molecule has 1 amide bonds. The maximum absolute atomic E-state index is 11.3. The molecule has 0 fully saturated rings. The average Bonchev–Trinajstić information content (AvgIpc) is 2.15. The molecule has 0 saturated heterocycles. The Morgan fingerprint density at radius 3 is 2.79 bits per heavy atom. The van der Waals surface area contributed by atoms with Crippen LogP contribution in [0.5, 0.6) is 0 Å². The van der Waals surface area contributed by atoms with Crippen LogP contribution in [0.4, 0.5) is 0 Å². The van der Waals surface area contributed by atoms with Gasteiger partial charge in [0.15, 0.2) is 0 Å². The molecule has 0 aliphatic rings. The smallest absolute Gasteiger partial charge is 0.220 e. The average molecular weight is 203 g/mol. The van der Waals surface area contributed by atoms with Crippen LogP contribution in [0.15, 0.2) is 0 Å². The van der Waals surface area contributed by atoms with Crippen LogP contribution in [0.2, 0.25) is 0 Å². The van der Waals surface area contributed by atoms with Gasteiger partial charge in [0.05, 0.1) is 12.6 Å². The fourth-order valence-electron chi connectivity index (χ4n) is 1.19. The highest BCUT2D eigenvalue weighted by atomic mass is 16.5. The lowest BCUT2D eigenvalue weighted by atomic mass is 10.2. The first-order valence-corrected chi connectivity index (χ1v) is 5.13. The van der Waals surface area contributed by atoms with E-state index in [1.54, 1.807) is 7.11 Å². The Kier molecular flexibility index (Phi) is 8.57. The molecule has 0 bridgehead atoms. The van der Waals surface area contributed by atoms with E-state index >= 15 is 0 Å². The molecule has 0 aromatic carbocycles. The second-order valence-corrected chi connectivity index (χ2v) is 3.34. The van der Waals surface area contributed by atoms with Crippen molar-refractivity contribution in [3.63, 3.8) is 0 Å². The van der Waals surface area contributed by atoms with Crippen LogP contribution in [0.1, 0.15) is 32.6 Å². The summed E-state index contributed by atoms with van der Waals surface area (Å²) in [5.74, 6) is 0.0438. The summed E-state index contributed by atoms with van der Waals surface area (Å²) in [7, 11) is 1.59. The van der Waals surface area contributed by atoms with Crippen molar-refractivity contribution < 1.29 is 14.6 Å². The lowest BCUT2D eigenvalue weighted by Gasteiger charge is -2.16. The summed E-state index contributed by atoms with van der Waals surface area (Å²) in [4.78, 5) is 11.3. The number of methoxy groups -OCH3 is 1. The summed E-state index contributed by atoms with van der Waals surface area (Å²) in [5, 5.41) is 11.6. The van der Waals surface area contributed by atoms with Crippen LogP contribution in [0, 0.1) is 0 Å². The molecule has 0 spiro atoms. The number of aliphatic hydroxyl groups is 1. The minimum absolute atomic E-state index is 0.0438. The molecule has 0 saturated carbocycles. The number of carbonyl (C=O) groups is 1. The molecular weight excluding hydrogens is 182 g/mol. The van der Waals surface area contributed by atoms with E-state index in [0.717, 1.165) is 12.8 Å². The molecule has 2 N–H and O–H groups in total. The molecule has 4 nitrogen and oxygen atoms in total. The molecule has 84 valence electrons. The SMILES string of the molecule is CCCCC(=O)NC(CCO)COC. The minimum Gasteiger partial charge on any atom is -0.396 e. The molecule has 14 heavy (non-hydrogen) atoms. The summed E-state index contributed by atoms with van der Waals surface area (Å²) in [6.45, 7) is 2.58. The van der Waals surface area contributed by atoms with Crippen molar-refractivity contribution in [2.45, 2.75) is 38.6 Å². The number of nitrogens with one attached hydrogen (secondary N) is 1. The quantitative estimate of drug-likeness (QED) is 0.610. The van der Waals surface area contributed by atoms with Gasteiger partial charge in [-0.1, -0.05) is 13.3 Å². The normalized spacial score (nSPS) is 12.5. The molecule has 0 radical (unpaired) electrons. The van der Waals surface area contributed by atoms with Gasteiger partial charge >= 0.3 is 0 Å². The Hall–Kier alpha value is -0.610. The van der Waals surface area contributed by atoms with Gasteiger partial charge in [0.25, 0.3) is 0 Å². The van der Waals surface area contributed by atoms with Gasteiger partial charge in [-0.2, -0.15) is 0 Å². The van der Waals surface area contributed by atoms with E-state index in [1.165, 1.54) is 0 Å². The molecule has 0 aliphatic heterocycles. The third-order valence-corrected chi connectivity index (χ3v) is 1.97. The molecule has 0 heterocycles. The Balaban J connectivity index is 3.71. The topological polar surface area (TPSA) is 58.6 Å². The van der Waals surface area contributed by atoms with Crippen molar-refractivity contribution in [1.29, 1.82) is 0 Å². The van der Waals surface area contributed by atoms with Crippen LogP contribution in [0.3, 0.4) is 0 Å². The summed E-state index contributed by atoms with van der Waals surface area (Å²) in [6, 6.07) is -0.0608. The fourth-order valence-corrected chi connectivity index (χ4v) is 1.19. The first kappa shape index (κ1) is 13.4. The molecule has 4 heteroatoms. The van der Waals surface area contributed by atoms with Gasteiger partial charge in [0.1, 0.15) is 0 Å². The van der Waals surface area contributed by atoms with Gasteiger partial charge in [-0.05, 0) is 12.8 Å². The first-order valence-electron chi connectivity index (χ1n) is 5.13. The number of carbonyl (C=O) groups excluding carboxylic acids is 1. The predicted molar refractivity (Wildman–Crippen MR) is 55.0 cm³/mol. The van der Waals surface area contributed by atoms with E-state index in [4.69, 9.17) is 9.84 Å². The number of amides is 1. The van der Waals surface area contributed by atoms with Crippen LogP contribution < -0.4 is 5.32 Å². The summed E-state index contributed by atoms with van der Waals surface area (Å²) in [6.07, 6.45) is 3.03. The standard InChI is InChI=1S/C10H21NO3/c1-3-4-5-10(13)11-9(6-7-12)8-14-2/h9,12H,3-8H2,1-2H3,(H,11,13). The van der Waals surface area contributed by atoms with Gasteiger partial charge in [-0.25, -0.2) is 0 Å².